The molecule has 0 amide bonds. The van der Waals surface area contributed by atoms with Gasteiger partial charge in [0, 0.05) is 24.2 Å². The van der Waals surface area contributed by atoms with Crippen LogP contribution in [0.15, 0.2) is 18.3 Å². The Kier molecular flexibility index (Phi) is 2.74. The Labute approximate surface area is 99.3 Å². The van der Waals surface area contributed by atoms with E-state index in [4.69, 9.17) is 10.6 Å². The van der Waals surface area contributed by atoms with Crippen molar-refractivity contribution in [3.8, 4) is 0 Å². The third-order valence-electron chi connectivity index (χ3n) is 2.60. The molecule has 0 saturated carbocycles. The first-order valence-corrected chi connectivity index (χ1v) is 4.87. The van der Waals surface area contributed by atoms with Crippen molar-refractivity contribution in [2.75, 3.05) is 0 Å². The minimum absolute atomic E-state index is 0.0971. The smallest absolute Gasteiger partial charge is 0.325 e. The average Bonchev–Trinajstić information content (AvgIpc) is 2.66. The lowest BCUT2D eigenvalue weighted by Gasteiger charge is -2.06. The van der Waals surface area contributed by atoms with Gasteiger partial charge < -0.3 is 4.57 Å². The Balaban J connectivity index is 2.76. The summed E-state index contributed by atoms with van der Waals surface area (Å²) in [7, 11) is 1.25. The number of halogens is 3. The standard InChI is InChI=1S/C10H9F3N4O/c1-17-7(10(11,12)13)4-6-5(8(14)16-18)2-3-15-9(6)17/h2-4,18H,1H3,(H2,14,16). The van der Waals surface area contributed by atoms with Gasteiger partial charge in [0.1, 0.15) is 17.2 Å². The van der Waals surface area contributed by atoms with Gasteiger partial charge in [-0.25, -0.2) is 4.98 Å². The molecule has 0 bridgehead atoms. The van der Waals surface area contributed by atoms with Crippen LogP contribution in [0.4, 0.5) is 13.2 Å². The first-order chi connectivity index (χ1) is 8.36. The third-order valence-corrected chi connectivity index (χ3v) is 2.60. The normalized spacial score (nSPS) is 11.8. The van der Waals surface area contributed by atoms with Crippen LogP contribution < -0.4 is 5.48 Å². The van der Waals surface area contributed by atoms with Gasteiger partial charge in [0.05, 0.1) is 0 Å². The van der Waals surface area contributed by atoms with Gasteiger partial charge in [0.2, 0.25) is 0 Å². The van der Waals surface area contributed by atoms with Crippen LogP contribution in [0.3, 0.4) is 0 Å². The molecule has 18 heavy (non-hydrogen) atoms. The molecule has 0 aliphatic rings. The van der Waals surface area contributed by atoms with Crippen molar-refractivity contribution in [1.29, 1.82) is 5.41 Å². The van der Waals surface area contributed by atoms with Crippen LogP contribution in [0.5, 0.6) is 0 Å². The summed E-state index contributed by atoms with van der Waals surface area (Å²) < 4.78 is 39.1. The average molecular weight is 258 g/mol. The highest BCUT2D eigenvalue weighted by atomic mass is 19.4. The van der Waals surface area contributed by atoms with Crippen LogP contribution in [0.2, 0.25) is 0 Å². The summed E-state index contributed by atoms with van der Waals surface area (Å²) in [6.45, 7) is 0. The summed E-state index contributed by atoms with van der Waals surface area (Å²) >= 11 is 0. The zero-order valence-electron chi connectivity index (χ0n) is 9.21. The van der Waals surface area contributed by atoms with Crippen LogP contribution in [-0.2, 0) is 13.2 Å². The molecule has 0 saturated heterocycles. The number of rotatable bonds is 1. The maximum absolute atomic E-state index is 12.7. The van der Waals surface area contributed by atoms with Crippen LogP contribution in [0.25, 0.3) is 11.0 Å². The number of aromatic nitrogens is 2. The monoisotopic (exact) mass is 258 g/mol. The molecular formula is C10H9F3N4O. The number of hydroxylamine groups is 1. The highest BCUT2D eigenvalue weighted by Crippen LogP contribution is 2.33. The van der Waals surface area contributed by atoms with Crippen molar-refractivity contribution in [2.24, 2.45) is 7.05 Å². The van der Waals surface area contributed by atoms with E-state index < -0.39 is 11.9 Å². The van der Waals surface area contributed by atoms with E-state index >= 15 is 0 Å². The molecule has 0 radical (unpaired) electrons. The van der Waals surface area contributed by atoms with Crippen molar-refractivity contribution in [2.45, 2.75) is 6.18 Å². The molecule has 96 valence electrons. The Morgan fingerprint density at radius 3 is 2.72 bits per heavy atom. The second-order valence-electron chi connectivity index (χ2n) is 3.67. The summed E-state index contributed by atoms with van der Waals surface area (Å²) in [4.78, 5) is 3.85. The Hall–Kier alpha value is -2.09. The van der Waals surface area contributed by atoms with Gasteiger partial charge in [0.25, 0.3) is 0 Å². The van der Waals surface area contributed by atoms with Gasteiger partial charge in [0.15, 0.2) is 0 Å². The van der Waals surface area contributed by atoms with Crippen molar-refractivity contribution in [3.05, 3.63) is 29.6 Å². The van der Waals surface area contributed by atoms with E-state index in [1.54, 1.807) is 5.48 Å². The molecule has 0 aliphatic heterocycles. The summed E-state index contributed by atoms with van der Waals surface area (Å²) in [5.74, 6) is -0.387. The molecule has 0 spiro atoms. The molecule has 0 fully saturated rings. The SMILES string of the molecule is Cn1c(C(F)(F)F)cc2c(C(=N)NO)ccnc21. The number of fused-ring (bicyclic) bond motifs is 1. The fourth-order valence-electron chi connectivity index (χ4n) is 1.77. The van der Waals surface area contributed by atoms with Gasteiger partial charge in [-0.3, -0.25) is 16.1 Å². The van der Waals surface area contributed by atoms with Gasteiger partial charge in [-0.05, 0) is 12.1 Å². The molecule has 0 atom stereocenters. The number of hydrogen-bond donors (Lipinski definition) is 3. The first-order valence-electron chi connectivity index (χ1n) is 4.87. The fourth-order valence-corrected chi connectivity index (χ4v) is 1.77. The number of pyridine rings is 1. The van der Waals surface area contributed by atoms with Crippen LogP contribution in [0.1, 0.15) is 11.3 Å². The van der Waals surface area contributed by atoms with E-state index in [1.165, 1.54) is 19.3 Å². The zero-order valence-corrected chi connectivity index (χ0v) is 9.21. The molecule has 0 unspecified atom stereocenters. The minimum atomic E-state index is -4.50. The Morgan fingerprint density at radius 2 is 2.17 bits per heavy atom. The van der Waals surface area contributed by atoms with Crippen molar-refractivity contribution in [3.63, 3.8) is 0 Å². The summed E-state index contributed by atoms with van der Waals surface area (Å²) in [6, 6.07) is 2.26. The van der Waals surface area contributed by atoms with Gasteiger partial charge in [-0.15, -0.1) is 0 Å². The predicted molar refractivity (Wildman–Crippen MR) is 57.5 cm³/mol. The lowest BCUT2D eigenvalue weighted by Crippen LogP contribution is -2.18. The Morgan fingerprint density at radius 1 is 1.50 bits per heavy atom. The highest BCUT2D eigenvalue weighted by Gasteiger charge is 2.35. The largest absolute Gasteiger partial charge is 0.431 e. The topological polar surface area (TPSA) is 73.9 Å². The molecule has 2 aromatic heterocycles. The molecule has 5 nitrogen and oxygen atoms in total. The summed E-state index contributed by atoms with van der Waals surface area (Å²) in [5.41, 5.74) is 0.992. The van der Waals surface area contributed by atoms with E-state index in [0.717, 1.165) is 10.6 Å². The van der Waals surface area contributed by atoms with E-state index in [2.05, 4.69) is 4.98 Å². The maximum atomic E-state index is 12.7. The molecular weight excluding hydrogens is 249 g/mol. The highest BCUT2D eigenvalue weighted by molar-refractivity contribution is 6.06. The number of aryl methyl sites for hydroxylation is 1. The number of nitrogens with zero attached hydrogens (tertiary/aromatic N) is 2. The van der Waals surface area contributed by atoms with Crippen molar-refractivity contribution in [1.82, 2.24) is 15.0 Å². The van der Waals surface area contributed by atoms with E-state index in [1.807, 2.05) is 0 Å². The van der Waals surface area contributed by atoms with Crippen LogP contribution in [-0.4, -0.2) is 20.6 Å². The summed E-state index contributed by atoms with van der Waals surface area (Å²) in [5, 5.41) is 16.2. The van der Waals surface area contributed by atoms with Crippen molar-refractivity contribution >= 4 is 16.9 Å². The second kappa shape index (κ2) is 3.98. The van der Waals surface area contributed by atoms with E-state index in [9.17, 15) is 13.2 Å². The van der Waals surface area contributed by atoms with Gasteiger partial charge in [-0.1, -0.05) is 0 Å². The van der Waals surface area contributed by atoms with E-state index in [0.29, 0.717) is 0 Å². The number of hydrogen-bond acceptors (Lipinski definition) is 3. The summed E-state index contributed by atoms with van der Waals surface area (Å²) in [6.07, 6.45) is -3.22. The molecule has 2 rings (SSSR count). The molecule has 0 aromatic carbocycles. The Bertz CT molecular complexity index is 617. The molecule has 0 aliphatic carbocycles. The molecule has 2 heterocycles. The fraction of sp³-hybridized carbons (Fsp3) is 0.200. The third kappa shape index (κ3) is 1.80. The second-order valence-corrected chi connectivity index (χ2v) is 3.67. The minimum Gasteiger partial charge on any atom is -0.325 e. The number of nitrogens with one attached hydrogen (secondary N) is 2. The lowest BCUT2D eigenvalue weighted by atomic mass is 10.1. The van der Waals surface area contributed by atoms with Crippen LogP contribution >= 0.6 is 0 Å². The molecule has 8 heteroatoms. The number of amidine groups is 1. The predicted octanol–water partition coefficient (Wildman–Crippen LogP) is 1.90. The van der Waals surface area contributed by atoms with Gasteiger partial charge in [-0.2, -0.15) is 13.2 Å². The lowest BCUT2D eigenvalue weighted by molar-refractivity contribution is -0.142. The van der Waals surface area contributed by atoms with E-state index in [-0.39, 0.29) is 22.4 Å². The van der Waals surface area contributed by atoms with Crippen molar-refractivity contribution < 1.29 is 18.4 Å². The molecule has 3 N–H and O–H groups in total. The maximum Gasteiger partial charge on any atom is 0.431 e. The number of alkyl halides is 3. The molecule has 2 aromatic rings. The quantitative estimate of drug-likeness (QED) is 0.415. The van der Waals surface area contributed by atoms with Crippen LogP contribution in [0, 0.1) is 5.41 Å². The van der Waals surface area contributed by atoms with Gasteiger partial charge >= 0.3 is 6.18 Å². The zero-order chi connectivity index (χ0) is 13.5. The first kappa shape index (κ1) is 12.4.